The average Bonchev–Trinajstić information content (AvgIpc) is 4.02. The van der Waals surface area contributed by atoms with Gasteiger partial charge in [0.05, 0.1) is 19.2 Å². The number of amides is 2. The number of aryl methyl sites for hydroxylation is 4. The molecule has 0 fully saturated rings. The molecular weight excluding hydrogens is 995 g/mol. The van der Waals surface area contributed by atoms with Crippen molar-refractivity contribution < 1.29 is 65.6 Å². The van der Waals surface area contributed by atoms with E-state index in [1.165, 1.54) is 48.4 Å². The fourth-order valence-corrected chi connectivity index (χ4v) is 7.63. The summed E-state index contributed by atoms with van der Waals surface area (Å²) < 4.78 is 66.0. The van der Waals surface area contributed by atoms with Gasteiger partial charge < -0.3 is 37.6 Å². The molecular formula is C59H56F2N4O12. The van der Waals surface area contributed by atoms with Crippen LogP contribution in [0, 0.1) is 39.3 Å². The van der Waals surface area contributed by atoms with Crippen LogP contribution < -0.4 is 18.9 Å². The Bertz CT molecular complexity index is 3290. The van der Waals surface area contributed by atoms with Gasteiger partial charge >= 0.3 is 24.1 Å². The van der Waals surface area contributed by atoms with Crippen molar-refractivity contribution in [3.8, 4) is 45.9 Å². The molecule has 18 heteroatoms. The molecule has 0 aliphatic heterocycles. The highest BCUT2D eigenvalue weighted by Crippen LogP contribution is 2.29. The molecule has 0 saturated carbocycles. The molecule has 2 heterocycles. The van der Waals surface area contributed by atoms with Crippen molar-refractivity contribution >= 4 is 24.1 Å². The molecule has 6 aromatic carbocycles. The number of benzene rings is 6. The zero-order valence-electron chi connectivity index (χ0n) is 43.3. The minimum atomic E-state index is -1.19. The summed E-state index contributed by atoms with van der Waals surface area (Å²) >= 11 is 0. The van der Waals surface area contributed by atoms with Crippen LogP contribution in [0.3, 0.4) is 0 Å². The zero-order chi connectivity index (χ0) is 55.2. The fraction of sp³-hybridized carbons (Fsp3) is 0.220. The van der Waals surface area contributed by atoms with Crippen LogP contribution in [0.15, 0.2) is 154 Å². The van der Waals surface area contributed by atoms with Crippen molar-refractivity contribution in [2.24, 2.45) is 0 Å². The third kappa shape index (κ3) is 14.9. The molecule has 0 aliphatic carbocycles. The second-order valence-corrected chi connectivity index (χ2v) is 17.6. The van der Waals surface area contributed by atoms with E-state index in [1.807, 2.05) is 74.5 Å². The molecule has 0 spiro atoms. The van der Waals surface area contributed by atoms with Crippen LogP contribution in [0.4, 0.5) is 18.4 Å². The van der Waals surface area contributed by atoms with Crippen molar-refractivity contribution in [1.82, 2.24) is 19.8 Å². The lowest BCUT2D eigenvalue weighted by Crippen LogP contribution is -2.40. The van der Waals surface area contributed by atoms with Gasteiger partial charge in [-0.3, -0.25) is 19.4 Å². The van der Waals surface area contributed by atoms with Gasteiger partial charge in [0.15, 0.2) is 0 Å². The number of aromatic nitrogens is 2. The van der Waals surface area contributed by atoms with E-state index in [9.17, 15) is 33.1 Å². The van der Waals surface area contributed by atoms with Crippen molar-refractivity contribution in [2.45, 2.75) is 66.8 Å². The van der Waals surface area contributed by atoms with Crippen LogP contribution in [0.5, 0.6) is 23.0 Å². The van der Waals surface area contributed by atoms with Crippen LogP contribution >= 0.6 is 0 Å². The van der Waals surface area contributed by atoms with Gasteiger partial charge in [0.1, 0.15) is 83.8 Å². The number of rotatable bonds is 18. The van der Waals surface area contributed by atoms with Gasteiger partial charge in [-0.2, -0.15) is 0 Å². The summed E-state index contributed by atoms with van der Waals surface area (Å²) in [6.45, 7) is 9.74. The predicted octanol–water partition coefficient (Wildman–Crippen LogP) is 12.7. The quantitative estimate of drug-likeness (QED) is 0.0798. The second kappa shape index (κ2) is 25.8. The Kier molecular flexibility index (Phi) is 18.5. The van der Waals surface area contributed by atoms with Crippen molar-refractivity contribution in [3.63, 3.8) is 0 Å². The normalized spacial score (nSPS) is 11.5. The van der Waals surface area contributed by atoms with E-state index in [1.54, 1.807) is 76.2 Å². The molecule has 398 valence electrons. The molecule has 0 radical (unpaired) electrons. The standard InChI is InChI=1S/C30H29FN2O6.C29H27FN2O6/c1-19-16-25(14-15-26(19)31)39-30(35)33(17-28(34)36-4)20(2)22-10-12-24(13-11-22)37-18-27-21(3)38-29(32-27)23-8-6-5-7-9-23;1-18-15-24(13-14-25(18)30)38-29(35)32(16-27(33)34)19(2)21-9-11-23(12-10-21)36-17-26-20(3)37-28(31-26)22-7-5-4-6-8-22/h5-16,20H,17-18H2,1-4H3;4-15,19H,16-17H2,1-3H3,(H,33,34)/t20-;19-/m00/s1. The van der Waals surface area contributed by atoms with E-state index in [0.717, 1.165) is 21.6 Å². The van der Waals surface area contributed by atoms with Gasteiger partial charge in [-0.05, 0) is 149 Å². The minimum Gasteiger partial charge on any atom is -0.487 e. The summed E-state index contributed by atoms with van der Waals surface area (Å²) in [7, 11) is 1.24. The number of halogens is 2. The molecule has 0 bridgehead atoms. The van der Waals surface area contributed by atoms with Gasteiger partial charge in [-0.15, -0.1) is 0 Å². The SMILES string of the molecule is COC(=O)CN(C(=O)Oc1ccc(F)c(C)c1)[C@@H](C)c1ccc(OCc2nc(-c3ccccc3)oc2C)cc1.Cc1cc(OC(=O)N(CC(=O)O)[C@@H](C)c2ccc(OCc3nc(-c4ccccc4)oc3C)cc2)ccc1F. The molecule has 0 unspecified atom stereocenters. The van der Waals surface area contributed by atoms with Crippen molar-refractivity contribution in [2.75, 3.05) is 20.2 Å². The highest BCUT2D eigenvalue weighted by Gasteiger charge is 2.28. The third-order valence-corrected chi connectivity index (χ3v) is 12.2. The van der Waals surface area contributed by atoms with Crippen LogP contribution in [0.1, 0.15) is 71.1 Å². The Morgan fingerprint density at radius 1 is 0.545 bits per heavy atom. The number of carboxylic acids is 1. The number of aliphatic carboxylic acids is 1. The first-order valence-corrected chi connectivity index (χ1v) is 24.2. The Hall–Kier alpha value is -9.32. The topological polar surface area (TPSA) is 193 Å². The Balaban J connectivity index is 0.000000224. The summed E-state index contributed by atoms with van der Waals surface area (Å²) in [5.41, 5.74) is 5.18. The molecule has 2 amide bonds. The lowest BCUT2D eigenvalue weighted by atomic mass is 10.1. The number of oxazole rings is 2. The Morgan fingerprint density at radius 3 is 1.29 bits per heavy atom. The smallest absolute Gasteiger partial charge is 0.416 e. The van der Waals surface area contributed by atoms with Gasteiger partial charge in [0.25, 0.3) is 0 Å². The minimum absolute atomic E-state index is 0.124. The maximum absolute atomic E-state index is 13.6. The average molecular weight is 1050 g/mol. The van der Waals surface area contributed by atoms with Crippen LogP contribution in [0.25, 0.3) is 22.9 Å². The summed E-state index contributed by atoms with van der Waals surface area (Å²) in [5, 5.41) is 9.36. The third-order valence-electron chi connectivity index (χ3n) is 12.2. The summed E-state index contributed by atoms with van der Waals surface area (Å²) in [6, 6.07) is 40.0. The number of hydrogen-bond acceptors (Lipinski definition) is 13. The fourth-order valence-electron chi connectivity index (χ4n) is 7.63. The number of ether oxygens (including phenoxy) is 5. The lowest BCUT2D eigenvalue weighted by molar-refractivity contribution is -0.142. The van der Waals surface area contributed by atoms with E-state index in [4.69, 9.17) is 32.5 Å². The first-order chi connectivity index (χ1) is 37.0. The Labute approximate surface area is 443 Å². The molecule has 2 aromatic heterocycles. The predicted molar refractivity (Wildman–Crippen MR) is 279 cm³/mol. The molecule has 1 N–H and O–H groups in total. The maximum atomic E-state index is 13.6. The molecule has 77 heavy (non-hydrogen) atoms. The van der Waals surface area contributed by atoms with Gasteiger partial charge in [-0.1, -0.05) is 60.7 Å². The summed E-state index contributed by atoms with van der Waals surface area (Å²) in [4.78, 5) is 60.7. The number of nitrogens with zero attached hydrogens (tertiary/aromatic N) is 4. The number of esters is 1. The lowest BCUT2D eigenvalue weighted by Gasteiger charge is -2.28. The van der Waals surface area contributed by atoms with Crippen LogP contribution in [0.2, 0.25) is 0 Å². The maximum Gasteiger partial charge on any atom is 0.416 e. The number of methoxy groups -OCH3 is 1. The molecule has 16 nitrogen and oxygen atoms in total. The molecule has 2 atom stereocenters. The van der Waals surface area contributed by atoms with E-state index < -0.39 is 54.4 Å². The van der Waals surface area contributed by atoms with Gasteiger partial charge in [-0.25, -0.2) is 28.3 Å². The Morgan fingerprint density at radius 2 is 0.922 bits per heavy atom. The van der Waals surface area contributed by atoms with Gasteiger partial charge in [0.2, 0.25) is 11.8 Å². The largest absolute Gasteiger partial charge is 0.487 e. The first kappa shape index (κ1) is 55.4. The first-order valence-electron chi connectivity index (χ1n) is 24.2. The summed E-state index contributed by atoms with van der Waals surface area (Å²) in [6.07, 6.45) is -1.63. The van der Waals surface area contributed by atoms with E-state index >= 15 is 0 Å². The van der Waals surface area contributed by atoms with Crippen LogP contribution in [-0.4, -0.2) is 69.2 Å². The molecule has 0 saturated heterocycles. The number of hydrogen-bond donors (Lipinski definition) is 1. The number of carbonyl (C=O) groups is 4. The van der Waals surface area contributed by atoms with Crippen LogP contribution in [-0.2, 0) is 27.5 Å². The molecule has 8 aromatic rings. The number of carboxylic acid groups (broad SMARTS) is 1. The van der Waals surface area contributed by atoms with E-state index in [-0.39, 0.29) is 31.3 Å². The second-order valence-electron chi connectivity index (χ2n) is 17.6. The van der Waals surface area contributed by atoms with Crippen molar-refractivity contribution in [1.29, 1.82) is 0 Å². The number of carbonyl (C=O) groups excluding carboxylic acids is 3. The van der Waals surface area contributed by atoms with E-state index in [2.05, 4.69) is 9.97 Å². The molecule has 8 rings (SSSR count). The zero-order valence-corrected chi connectivity index (χ0v) is 43.3. The molecule has 0 aliphatic rings. The monoisotopic (exact) mass is 1050 g/mol. The highest BCUT2D eigenvalue weighted by atomic mass is 19.1. The van der Waals surface area contributed by atoms with Crippen molar-refractivity contribution in [3.05, 3.63) is 202 Å². The van der Waals surface area contributed by atoms with E-state index in [0.29, 0.717) is 62.9 Å². The highest BCUT2D eigenvalue weighted by molar-refractivity contribution is 5.80. The summed E-state index contributed by atoms with van der Waals surface area (Å²) in [5.74, 6) is 1.20. The van der Waals surface area contributed by atoms with Gasteiger partial charge in [0, 0.05) is 11.1 Å².